The third-order valence-electron chi connectivity index (χ3n) is 1.58. The number of hydrogen-bond donors (Lipinski definition) is 1. The van der Waals surface area contributed by atoms with Crippen molar-refractivity contribution < 1.29 is 18.3 Å². The van der Waals surface area contributed by atoms with Gasteiger partial charge in [-0.1, -0.05) is 13.3 Å². The molecule has 0 bridgehead atoms. The molecule has 0 aliphatic heterocycles. The van der Waals surface area contributed by atoms with E-state index >= 15 is 0 Å². The van der Waals surface area contributed by atoms with Crippen molar-refractivity contribution in [1.82, 2.24) is 0 Å². The van der Waals surface area contributed by atoms with E-state index in [0.717, 1.165) is 12.8 Å². The molecule has 0 spiro atoms. The Hall–Kier alpha value is -0.130. The fourth-order valence-electron chi connectivity index (χ4n) is 0.776. The molecule has 0 saturated carbocycles. The van der Waals surface area contributed by atoms with Crippen LogP contribution in [0.1, 0.15) is 19.8 Å². The average molecular weight is 210 g/mol. The Bertz CT molecular complexity index is 198. The maximum atomic E-state index is 11.0. The molecule has 0 fully saturated rings. The SMILES string of the molecule is CCCCOCCS(=O)(=O)CCO. The second-order valence-electron chi connectivity index (χ2n) is 2.84. The maximum absolute atomic E-state index is 11.0. The third-order valence-corrected chi connectivity index (χ3v) is 3.18. The van der Waals surface area contributed by atoms with E-state index in [1.807, 2.05) is 6.92 Å². The van der Waals surface area contributed by atoms with E-state index in [4.69, 9.17) is 9.84 Å². The van der Waals surface area contributed by atoms with Crippen LogP contribution in [0.3, 0.4) is 0 Å². The molecule has 5 heteroatoms. The van der Waals surface area contributed by atoms with E-state index in [2.05, 4.69) is 0 Å². The molecule has 0 amide bonds. The van der Waals surface area contributed by atoms with Gasteiger partial charge < -0.3 is 9.84 Å². The smallest absolute Gasteiger partial charge is 0.154 e. The van der Waals surface area contributed by atoms with Gasteiger partial charge in [0.25, 0.3) is 0 Å². The molecule has 0 aromatic heterocycles. The Morgan fingerprint density at radius 2 is 1.92 bits per heavy atom. The molecule has 0 aromatic carbocycles. The lowest BCUT2D eigenvalue weighted by atomic mass is 10.4. The minimum absolute atomic E-state index is 0.0112. The number of aliphatic hydroxyl groups excluding tert-OH is 1. The third kappa shape index (κ3) is 8.21. The number of sulfone groups is 1. The molecule has 0 heterocycles. The van der Waals surface area contributed by atoms with Crippen LogP contribution in [0.15, 0.2) is 0 Å². The Morgan fingerprint density at radius 1 is 1.23 bits per heavy atom. The van der Waals surface area contributed by atoms with Crippen molar-refractivity contribution in [2.45, 2.75) is 19.8 Å². The monoisotopic (exact) mass is 210 g/mol. The summed E-state index contributed by atoms with van der Waals surface area (Å²) >= 11 is 0. The predicted octanol–water partition coefficient (Wildman–Crippen LogP) is 0.210. The normalized spacial score (nSPS) is 11.8. The Labute approximate surface area is 79.8 Å². The first-order valence-electron chi connectivity index (χ1n) is 4.51. The average Bonchev–Trinajstić information content (AvgIpc) is 2.04. The molecule has 0 rings (SSSR count). The molecule has 0 aliphatic rings. The van der Waals surface area contributed by atoms with Gasteiger partial charge in [0.2, 0.25) is 0 Å². The van der Waals surface area contributed by atoms with E-state index in [0.29, 0.717) is 6.61 Å². The summed E-state index contributed by atoms with van der Waals surface area (Å²) in [4.78, 5) is 0. The number of hydrogen-bond acceptors (Lipinski definition) is 4. The minimum atomic E-state index is -3.09. The number of unbranched alkanes of at least 4 members (excludes halogenated alkanes) is 1. The van der Waals surface area contributed by atoms with E-state index in [9.17, 15) is 8.42 Å². The van der Waals surface area contributed by atoms with E-state index in [1.54, 1.807) is 0 Å². The standard InChI is InChI=1S/C8H18O4S/c1-2-3-5-12-6-8-13(10,11)7-4-9/h9H,2-8H2,1H3. The molecule has 0 radical (unpaired) electrons. The highest BCUT2D eigenvalue weighted by atomic mass is 32.2. The largest absolute Gasteiger partial charge is 0.395 e. The van der Waals surface area contributed by atoms with Crippen molar-refractivity contribution in [3.05, 3.63) is 0 Å². The lowest BCUT2D eigenvalue weighted by Crippen LogP contribution is -2.17. The van der Waals surface area contributed by atoms with Crippen molar-refractivity contribution in [1.29, 1.82) is 0 Å². The molecule has 1 N–H and O–H groups in total. The van der Waals surface area contributed by atoms with Gasteiger partial charge in [0, 0.05) is 6.61 Å². The summed E-state index contributed by atoms with van der Waals surface area (Å²) < 4.78 is 27.1. The van der Waals surface area contributed by atoms with Gasteiger partial charge in [0.15, 0.2) is 9.84 Å². The van der Waals surface area contributed by atoms with Crippen LogP contribution in [-0.2, 0) is 14.6 Å². The number of rotatable bonds is 8. The van der Waals surface area contributed by atoms with Crippen LogP contribution < -0.4 is 0 Å². The summed E-state index contributed by atoms with van der Waals surface area (Å²) in [6.45, 7) is 2.59. The van der Waals surface area contributed by atoms with Gasteiger partial charge in [-0.2, -0.15) is 0 Å². The van der Waals surface area contributed by atoms with E-state index < -0.39 is 9.84 Å². The molecular weight excluding hydrogens is 192 g/mol. The zero-order valence-electron chi connectivity index (χ0n) is 8.03. The molecule has 4 nitrogen and oxygen atoms in total. The van der Waals surface area contributed by atoms with Crippen molar-refractivity contribution in [3.63, 3.8) is 0 Å². The predicted molar refractivity (Wildman–Crippen MR) is 51.5 cm³/mol. The van der Waals surface area contributed by atoms with Crippen LogP contribution in [0.25, 0.3) is 0 Å². The lowest BCUT2D eigenvalue weighted by Gasteiger charge is -2.03. The zero-order chi connectivity index (χ0) is 10.2. The minimum Gasteiger partial charge on any atom is -0.395 e. The Morgan fingerprint density at radius 3 is 2.46 bits per heavy atom. The second-order valence-corrected chi connectivity index (χ2v) is 5.14. The fourth-order valence-corrected chi connectivity index (χ4v) is 1.63. The van der Waals surface area contributed by atoms with Gasteiger partial charge in [0.05, 0.1) is 24.7 Å². The quantitative estimate of drug-likeness (QED) is 0.582. The van der Waals surface area contributed by atoms with Crippen molar-refractivity contribution in [2.75, 3.05) is 31.3 Å². The molecule has 0 aliphatic carbocycles. The van der Waals surface area contributed by atoms with Gasteiger partial charge in [-0.05, 0) is 6.42 Å². The molecular formula is C8H18O4S. The molecule has 0 unspecified atom stereocenters. The van der Waals surface area contributed by atoms with Crippen molar-refractivity contribution in [3.8, 4) is 0 Å². The van der Waals surface area contributed by atoms with Crippen LogP contribution in [0.4, 0.5) is 0 Å². The first kappa shape index (κ1) is 12.9. The Kier molecular flexibility index (Phi) is 7.22. The molecule has 0 atom stereocenters. The Balaban J connectivity index is 3.41. The summed E-state index contributed by atoms with van der Waals surface area (Å²) in [5.41, 5.74) is 0. The van der Waals surface area contributed by atoms with Gasteiger partial charge in [-0.15, -0.1) is 0 Å². The fraction of sp³-hybridized carbons (Fsp3) is 1.00. The highest BCUT2D eigenvalue weighted by Crippen LogP contribution is 1.92. The van der Waals surface area contributed by atoms with Crippen LogP contribution in [0.5, 0.6) is 0 Å². The summed E-state index contributed by atoms with van der Waals surface area (Å²) in [5, 5.41) is 8.42. The highest BCUT2D eigenvalue weighted by molar-refractivity contribution is 7.91. The van der Waals surface area contributed by atoms with Crippen molar-refractivity contribution in [2.24, 2.45) is 0 Å². The lowest BCUT2D eigenvalue weighted by molar-refractivity contribution is 0.146. The summed E-state index contributed by atoms with van der Waals surface area (Å²) in [5.74, 6) is -0.151. The van der Waals surface area contributed by atoms with Gasteiger partial charge in [-0.3, -0.25) is 0 Å². The topological polar surface area (TPSA) is 63.6 Å². The van der Waals surface area contributed by atoms with Crippen LogP contribution in [0.2, 0.25) is 0 Å². The van der Waals surface area contributed by atoms with Gasteiger partial charge in [0.1, 0.15) is 0 Å². The summed E-state index contributed by atoms with van der Waals surface area (Å²) in [6, 6.07) is 0. The highest BCUT2D eigenvalue weighted by Gasteiger charge is 2.08. The van der Waals surface area contributed by atoms with Crippen LogP contribution in [-0.4, -0.2) is 44.9 Å². The molecule has 0 aromatic rings. The van der Waals surface area contributed by atoms with Gasteiger partial charge in [-0.25, -0.2) is 8.42 Å². The molecule has 80 valence electrons. The zero-order valence-corrected chi connectivity index (χ0v) is 8.85. The van der Waals surface area contributed by atoms with Gasteiger partial charge >= 0.3 is 0 Å². The maximum Gasteiger partial charge on any atom is 0.154 e. The van der Waals surface area contributed by atoms with Crippen molar-refractivity contribution >= 4 is 9.84 Å². The molecule has 13 heavy (non-hydrogen) atoms. The summed E-state index contributed by atoms with van der Waals surface area (Å²) in [6.07, 6.45) is 2.00. The van der Waals surface area contributed by atoms with E-state index in [-0.39, 0.29) is 24.7 Å². The first-order chi connectivity index (χ1) is 6.12. The molecule has 0 saturated heterocycles. The van der Waals surface area contributed by atoms with E-state index in [1.165, 1.54) is 0 Å². The van der Waals surface area contributed by atoms with Crippen LogP contribution in [0, 0.1) is 0 Å². The van der Waals surface area contributed by atoms with Crippen LogP contribution >= 0.6 is 0 Å². The second kappa shape index (κ2) is 7.29. The first-order valence-corrected chi connectivity index (χ1v) is 6.33. The number of aliphatic hydroxyl groups is 1. The summed E-state index contributed by atoms with van der Waals surface area (Å²) in [7, 11) is -3.09. The number of ether oxygens (including phenoxy) is 1.